The average molecular weight is 334 g/mol. The largest absolute Gasteiger partial charge is 0.380 e. The first kappa shape index (κ1) is 17.9. The quantitative estimate of drug-likeness (QED) is 0.779. The topological polar surface area (TPSA) is 72.5 Å². The Balaban J connectivity index is 3.10. The van der Waals surface area contributed by atoms with Crippen LogP contribution in [0.25, 0.3) is 0 Å². The van der Waals surface area contributed by atoms with E-state index in [1.165, 1.54) is 19.2 Å². The van der Waals surface area contributed by atoms with Crippen LogP contribution >= 0.6 is 10.7 Å². The number of hydrogen-bond acceptors (Lipinski definition) is 4. The summed E-state index contributed by atoms with van der Waals surface area (Å²) in [5.41, 5.74) is 0.833. The molecule has 0 aliphatic carbocycles. The zero-order valence-corrected chi connectivity index (χ0v) is 13.9. The fourth-order valence-corrected chi connectivity index (χ4v) is 2.82. The standard InChI is InChI=1S/C14H20ClNO4S/c1-4-5-10(2)16-14(17)12-6-11(9-20-3)7-13(8-12)21(15,18)19/h6-8,10H,4-5,9H2,1-3H3,(H,16,17). The van der Waals surface area contributed by atoms with Crippen molar-refractivity contribution in [3.05, 3.63) is 29.3 Å². The molecule has 0 saturated heterocycles. The molecule has 21 heavy (non-hydrogen) atoms. The summed E-state index contributed by atoms with van der Waals surface area (Å²) in [6, 6.07) is 4.29. The number of amides is 1. The fraction of sp³-hybridized carbons (Fsp3) is 0.500. The van der Waals surface area contributed by atoms with Gasteiger partial charge in [0.05, 0.1) is 11.5 Å². The van der Waals surface area contributed by atoms with Crippen molar-refractivity contribution in [1.29, 1.82) is 0 Å². The van der Waals surface area contributed by atoms with Crippen LogP contribution in [0.5, 0.6) is 0 Å². The molecule has 0 saturated carbocycles. The summed E-state index contributed by atoms with van der Waals surface area (Å²) >= 11 is 0. The third kappa shape index (κ3) is 5.65. The average Bonchev–Trinajstić information content (AvgIpc) is 2.38. The van der Waals surface area contributed by atoms with Gasteiger partial charge in [0, 0.05) is 29.4 Å². The van der Waals surface area contributed by atoms with Crippen molar-refractivity contribution >= 4 is 25.6 Å². The van der Waals surface area contributed by atoms with Crippen molar-refractivity contribution in [3.63, 3.8) is 0 Å². The molecule has 0 spiro atoms. The molecular formula is C14H20ClNO4S. The second-order valence-electron chi connectivity index (χ2n) is 4.90. The smallest absolute Gasteiger partial charge is 0.261 e. The van der Waals surface area contributed by atoms with Crippen molar-refractivity contribution in [3.8, 4) is 0 Å². The summed E-state index contributed by atoms with van der Waals surface area (Å²) in [6.45, 7) is 4.13. The van der Waals surface area contributed by atoms with Gasteiger partial charge in [-0.3, -0.25) is 4.79 Å². The first-order valence-corrected chi connectivity index (χ1v) is 8.97. The van der Waals surface area contributed by atoms with Crippen molar-refractivity contribution in [2.45, 2.75) is 44.2 Å². The highest BCUT2D eigenvalue weighted by Crippen LogP contribution is 2.20. The molecule has 1 unspecified atom stereocenters. The highest BCUT2D eigenvalue weighted by molar-refractivity contribution is 8.13. The van der Waals surface area contributed by atoms with Gasteiger partial charge < -0.3 is 10.1 Å². The van der Waals surface area contributed by atoms with E-state index in [-0.39, 0.29) is 29.0 Å². The molecule has 0 aliphatic rings. The number of ether oxygens (including phenoxy) is 1. The van der Waals surface area contributed by atoms with Crippen LogP contribution in [0.1, 0.15) is 42.6 Å². The summed E-state index contributed by atoms with van der Waals surface area (Å²) in [5.74, 6) is -0.324. The fourth-order valence-electron chi connectivity index (χ4n) is 1.99. The van der Waals surface area contributed by atoms with Gasteiger partial charge in [-0.25, -0.2) is 8.42 Å². The van der Waals surface area contributed by atoms with Crippen molar-refractivity contribution in [2.75, 3.05) is 7.11 Å². The van der Waals surface area contributed by atoms with Crippen LogP contribution in [0.15, 0.2) is 23.1 Å². The number of carbonyl (C=O) groups is 1. The molecule has 0 bridgehead atoms. The van der Waals surface area contributed by atoms with Crippen LogP contribution < -0.4 is 5.32 Å². The van der Waals surface area contributed by atoms with Crippen molar-refractivity contribution < 1.29 is 17.9 Å². The summed E-state index contributed by atoms with van der Waals surface area (Å²) in [7, 11) is 2.95. The monoisotopic (exact) mass is 333 g/mol. The second-order valence-corrected chi connectivity index (χ2v) is 7.47. The molecule has 1 N–H and O–H groups in total. The summed E-state index contributed by atoms with van der Waals surface area (Å²) in [5, 5.41) is 2.83. The van der Waals surface area contributed by atoms with Crippen LogP contribution in [0.2, 0.25) is 0 Å². The Labute approximate surface area is 130 Å². The lowest BCUT2D eigenvalue weighted by Crippen LogP contribution is -2.32. The van der Waals surface area contributed by atoms with Crippen LogP contribution in [0.3, 0.4) is 0 Å². The van der Waals surface area contributed by atoms with Crippen LogP contribution in [-0.2, 0) is 20.4 Å². The predicted octanol–water partition coefficient (Wildman–Crippen LogP) is 2.68. The molecule has 5 nitrogen and oxygen atoms in total. The normalized spacial score (nSPS) is 13.0. The molecule has 1 aromatic rings. The van der Waals surface area contributed by atoms with Gasteiger partial charge in [-0.2, -0.15) is 0 Å². The van der Waals surface area contributed by atoms with E-state index in [2.05, 4.69) is 5.32 Å². The highest BCUT2D eigenvalue weighted by atomic mass is 35.7. The van der Waals surface area contributed by atoms with Gasteiger partial charge >= 0.3 is 0 Å². The zero-order chi connectivity index (χ0) is 16.0. The van der Waals surface area contributed by atoms with Gasteiger partial charge in [0.1, 0.15) is 0 Å². The van der Waals surface area contributed by atoms with Crippen molar-refractivity contribution in [2.24, 2.45) is 0 Å². The Morgan fingerprint density at radius 3 is 2.57 bits per heavy atom. The maximum atomic E-state index is 12.2. The van der Waals surface area contributed by atoms with Gasteiger partial charge in [-0.05, 0) is 37.1 Å². The Kier molecular flexibility index (Phi) is 6.64. The SMILES string of the molecule is CCCC(C)NC(=O)c1cc(COC)cc(S(=O)(=O)Cl)c1. The van der Waals surface area contributed by atoms with Gasteiger partial charge in [-0.1, -0.05) is 13.3 Å². The lowest BCUT2D eigenvalue weighted by Gasteiger charge is -2.14. The molecule has 1 amide bonds. The molecule has 0 heterocycles. The van der Waals surface area contributed by atoms with Gasteiger partial charge in [0.25, 0.3) is 15.0 Å². The summed E-state index contributed by atoms with van der Waals surface area (Å²) in [6.07, 6.45) is 1.80. The van der Waals surface area contributed by atoms with E-state index in [1.54, 1.807) is 6.07 Å². The number of halogens is 1. The van der Waals surface area contributed by atoms with Gasteiger partial charge in [0.15, 0.2) is 0 Å². The zero-order valence-electron chi connectivity index (χ0n) is 12.3. The number of methoxy groups -OCH3 is 1. The molecular weight excluding hydrogens is 314 g/mol. The summed E-state index contributed by atoms with van der Waals surface area (Å²) < 4.78 is 27.9. The third-order valence-corrected chi connectivity index (χ3v) is 4.25. The van der Waals surface area contributed by atoms with E-state index in [0.717, 1.165) is 12.8 Å². The Morgan fingerprint density at radius 2 is 2.05 bits per heavy atom. The van der Waals surface area contributed by atoms with Gasteiger partial charge in [0.2, 0.25) is 0 Å². The highest BCUT2D eigenvalue weighted by Gasteiger charge is 2.17. The van der Waals surface area contributed by atoms with Crippen molar-refractivity contribution in [1.82, 2.24) is 5.32 Å². The maximum absolute atomic E-state index is 12.2. The molecule has 1 rings (SSSR count). The van der Waals surface area contributed by atoms with E-state index >= 15 is 0 Å². The Bertz CT molecular complexity index is 601. The Morgan fingerprint density at radius 1 is 1.38 bits per heavy atom. The number of nitrogens with one attached hydrogen (secondary N) is 1. The first-order chi connectivity index (χ1) is 9.77. The van der Waals surface area contributed by atoms with E-state index in [1.807, 2.05) is 13.8 Å². The first-order valence-electron chi connectivity index (χ1n) is 6.66. The number of hydrogen-bond donors (Lipinski definition) is 1. The lowest BCUT2D eigenvalue weighted by molar-refractivity contribution is 0.0937. The minimum absolute atomic E-state index is 0.0182. The molecule has 1 aromatic carbocycles. The molecule has 1 atom stereocenters. The molecule has 7 heteroatoms. The minimum Gasteiger partial charge on any atom is -0.380 e. The number of benzene rings is 1. The van der Waals surface area contributed by atoms with E-state index in [9.17, 15) is 13.2 Å². The molecule has 118 valence electrons. The van der Waals surface area contributed by atoms with Crippen LogP contribution in [-0.4, -0.2) is 27.5 Å². The third-order valence-electron chi connectivity index (χ3n) is 2.92. The number of carbonyl (C=O) groups excluding carboxylic acids is 1. The molecule has 0 fully saturated rings. The lowest BCUT2D eigenvalue weighted by atomic mass is 10.1. The Hall–Kier alpha value is -1.11. The predicted molar refractivity (Wildman–Crippen MR) is 82.0 cm³/mol. The summed E-state index contributed by atoms with van der Waals surface area (Å²) in [4.78, 5) is 12.1. The van der Waals surface area contributed by atoms with Crippen LogP contribution in [0.4, 0.5) is 0 Å². The number of rotatable bonds is 7. The van der Waals surface area contributed by atoms with Gasteiger partial charge in [-0.15, -0.1) is 0 Å². The molecule has 0 radical (unpaired) electrons. The van der Waals surface area contributed by atoms with E-state index in [4.69, 9.17) is 15.4 Å². The van der Waals surface area contributed by atoms with E-state index in [0.29, 0.717) is 5.56 Å². The molecule has 0 aliphatic heterocycles. The van der Waals surface area contributed by atoms with E-state index < -0.39 is 9.05 Å². The molecule has 0 aromatic heterocycles. The minimum atomic E-state index is -3.90. The van der Waals surface area contributed by atoms with Crippen LogP contribution in [0, 0.1) is 0 Å². The maximum Gasteiger partial charge on any atom is 0.261 e. The second kappa shape index (κ2) is 7.77.